The van der Waals surface area contributed by atoms with E-state index in [0.717, 1.165) is 5.56 Å². The zero-order valence-electron chi connectivity index (χ0n) is 18.6. The number of aromatic nitrogens is 1. The predicted molar refractivity (Wildman–Crippen MR) is 120 cm³/mol. The van der Waals surface area contributed by atoms with Crippen LogP contribution in [0.1, 0.15) is 49.3 Å². The lowest BCUT2D eigenvalue weighted by molar-refractivity contribution is 0.00578. The molecule has 0 unspecified atom stereocenters. The van der Waals surface area contributed by atoms with Crippen molar-refractivity contribution in [3.8, 4) is 0 Å². The van der Waals surface area contributed by atoms with Crippen molar-refractivity contribution in [3.63, 3.8) is 0 Å². The lowest BCUT2D eigenvalue weighted by Gasteiger charge is -2.32. The fourth-order valence-electron chi connectivity index (χ4n) is 3.06. The largest absolute Gasteiger partial charge is 0.492 e. The molecule has 0 spiro atoms. The van der Waals surface area contributed by atoms with Crippen LogP contribution in [0.2, 0.25) is 0 Å². The van der Waals surface area contributed by atoms with E-state index in [0.29, 0.717) is 11.0 Å². The number of nitrogens with zero attached hydrogens (tertiary/aromatic N) is 1. The van der Waals surface area contributed by atoms with Crippen LogP contribution in [0.4, 0.5) is 4.79 Å². The minimum absolute atomic E-state index is 0.0401. The number of ether oxygens (including phenoxy) is 1. The van der Waals surface area contributed by atoms with Gasteiger partial charge in [0.15, 0.2) is 5.69 Å². The summed E-state index contributed by atoms with van der Waals surface area (Å²) in [6.07, 6.45) is 2.42. The predicted octanol–water partition coefficient (Wildman–Crippen LogP) is 3.72. The molecule has 0 radical (unpaired) electrons. The maximum Gasteiger partial charge on any atom is 0.492 e. The number of carboxylic acid groups (broad SMARTS) is 1. The van der Waals surface area contributed by atoms with Crippen molar-refractivity contribution in [3.05, 3.63) is 71.0 Å². The van der Waals surface area contributed by atoms with Gasteiger partial charge in [0.05, 0.1) is 11.2 Å². The van der Waals surface area contributed by atoms with Crippen molar-refractivity contribution in [2.24, 2.45) is 0 Å². The van der Waals surface area contributed by atoms with Gasteiger partial charge in [-0.15, -0.1) is 0 Å². The third kappa shape index (κ3) is 5.54. The van der Waals surface area contributed by atoms with Crippen LogP contribution >= 0.6 is 0 Å². The van der Waals surface area contributed by atoms with Crippen LogP contribution in [0, 0.1) is 0 Å². The Bertz CT molecular complexity index is 991. The Kier molecular flexibility index (Phi) is 7.01. The summed E-state index contributed by atoms with van der Waals surface area (Å²) in [5.41, 5.74) is 0.476. The number of pyridine rings is 1. The highest BCUT2D eigenvalue weighted by atomic mass is 16.7. The number of nitrogens with one attached hydrogen (secondary N) is 1. The number of benzene rings is 1. The van der Waals surface area contributed by atoms with Gasteiger partial charge < -0.3 is 24.5 Å². The molecule has 0 atom stereocenters. The van der Waals surface area contributed by atoms with E-state index >= 15 is 0 Å². The van der Waals surface area contributed by atoms with Crippen molar-refractivity contribution in [2.45, 2.75) is 45.5 Å². The standard InChI is InChI=1S/C23H27BN2O6/c1-22(2)23(3,4)32-24(31-22)18(13-17-11-8-12-25-19(17)20(27)28)14-26-21(29)30-15-16-9-6-5-7-10-16/h5-13H,14-15H2,1-4H3,(H,26,29)(H,27,28). The van der Waals surface area contributed by atoms with Crippen LogP contribution in [0.5, 0.6) is 0 Å². The van der Waals surface area contributed by atoms with Crippen LogP contribution in [-0.4, -0.2) is 47.0 Å². The molecule has 3 rings (SSSR count). The fraction of sp³-hybridized carbons (Fsp3) is 0.348. The minimum atomic E-state index is -1.15. The van der Waals surface area contributed by atoms with E-state index < -0.39 is 30.4 Å². The maximum absolute atomic E-state index is 12.3. The number of hydrogen-bond donors (Lipinski definition) is 2. The maximum atomic E-state index is 12.3. The van der Waals surface area contributed by atoms with Gasteiger partial charge in [-0.1, -0.05) is 42.5 Å². The molecule has 1 saturated heterocycles. The van der Waals surface area contributed by atoms with Crippen LogP contribution in [0.25, 0.3) is 6.08 Å². The van der Waals surface area contributed by atoms with Gasteiger partial charge in [0.2, 0.25) is 0 Å². The van der Waals surface area contributed by atoms with Gasteiger partial charge in [-0.05, 0) is 44.8 Å². The van der Waals surface area contributed by atoms with Gasteiger partial charge in [-0.2, -0.15) is 0 Å². The molecule has 2 heterocycles. The first-order chi connectivity index (χ1) is 15.1. The molecule has 2 aromatic rings. The van der Waals surface area contributed by atoms with E-state index in [9.17, 15) is 14.7 Å². The van der Waals surface area contributed by atoms with Crippen molar-refractivity contribution in [1.82, 2.24) is 10.3 Å². The number of aromatic carboxylic acids is 1. The first kappa shape index (κ1) is 23.5. The Hall–Kier alpha value is -3.17. The molecule has 1 amide bonds. The Morgan fingerprint density at radius 2 is 1.75 bits per heavy atom. The summed E-state index contributed by atoms with van der Waals surface area (Å²) in [4.78, 5) is 27.8. The highest BCUT2D eigenvalue weighted by molar-refractivity contribution is 6.56. The molecule has 1 fully saturated rings. The molecular weight excluding hydrogens is 411 g/mol. The molecule has 9 heteroatoms. The Labute approximate surface area is 187 Å². The summed E-state index contributed by atoms with van der Waals surface area (Å²) < 4.78 is 17.5. The third-order valence-electron chi connectivity index (χ3n) is 5.59. The zero-order chi connectivity index (χ0) is 23.4. The van der Waals surface area contributed by atoms with E-state index in [4.69, 9.17) is 14.0 Å². The summed E-state index contributed by atoms with van der Waals surface area (Å²) in [6.45, 7) is 7.84. The minimum Gasteiger partial charge on any atom is -0.476 e. The second kappa shape index (κ2) is 9.54. The number of carboxylic acids is 1. The molecule has 2 N–H and O–H groups in total. The summed E-state index contributed by atoms with van der Waals surface area (Å²) in [5.74, 6) is -1.15. The number of carbonyl (C=O) groups is 2. The van der Waals surface area contributed by atoms with E-state index in [1.54, 1.807) is 18.2 Å². The molecule has 0 bridgehead atoms. The smallest absolute Gasteiger partial charge is 0.476 e. The number of carbonyl (C=O) groups excluding carboxylic acids is 1. The van der Waals surface area contributed by atoms with Gasteiger partial charge in [-0.3, -0.25) is 0 Å². The average molecular weight is 438 g/mol. The topological polar surface area (TPSA) is 107 Å². The van der Waals surface area contributed by atoms with Crippen molar-refractivity contribution in [1.29, 1.82) is 0 Å². The molecule has 1 aromatic heterocycles. The second-order valence-corrected chi connectivity index (χ2v) is 8.47. The molecule has 1 aliphatic rings. The van der Waals surface area contributed by atoms with Crippen LogP contribution < -0.4 is 5.32 Å². The van der Waals surface area contributed by atoms with Crippen LogP contribution in [0.3, 0.4) is 0 Å². The van der Waals surface area contributed by atoms with E-state index in [-0.39, 0.29) is 18.8 Å². The average Bonchev–Trinajstić information content (AvgIpc) is 2.97. The lowest BCUT2D eigenvalue weighted by Crippen LogP contribution is -2.41. The molecule has 168 valence electrons. The SMILES string of the molecule is CC1(C)OB(C(=Cc2cccnc2C(=O)O)CNC(=O)OCc2ccccc2)OC1(C)C. The number of rotatable bonds is 7. The first-order valence-corrected chi connectivity index (χ1v) is 10.3. The monoisotopic (exact) mass is 438 g/mol. The van der Waals surface area contributed by atoms with Gasteiger partial charge in [0.25, 0.3) is 0 Å². The van der Waals surface area contributed by atoms with Crippen LogP contribution in [-0.2, 0) is 20.7 Å². The van der Waals surface area contributed by atoms with Crippen LogP contribution in [0.15, 0.2) is 54.1 Å². The Balaban J connectivity index is 1.79. The molecule has 8 nitrogen and oxygen atoms in total. The summed E-state index contributed by atoms with van der Waals surface area (Å²) in [6, 6.07) is 12.6. The Morgan fingerprint density at radius 3 is 2.38 bits per heavy atom. The highest BCUT2D eigenvalue weighted by Crippen LogP contribution is 2.38. The molecule has 32 heavy (non-hydrogen) atoms. The highest BCUT2D eigenvalue weighted by Gasteiger charge is 2.52. The quantitative estimate of drug-likeness (QED) is 0.635. The number of amides is 1. The third-order valence-corrected chi connectivity index (χ3v) is 5.59. The first-order valence-electron chi connectivity index (χ1n) is 10.3. The Morgan fingerprint density at radius 1 is 1.09 bits per heavy atom. The molecule has 0 aliphatic carbocycles. The summed E-state index contributed by atoms with van der Waals surface area (Å²) in [7, 11) is -0.781. The van der Waals surface area contributed by atoms with E-state index in [1.165, 1.54) is 6.20 Å². The van der Waals surface area contributed by atoms with Gasteiger partial charge in [0, 0.05) is 18.3 Å². The van der Waals surface area contributed by atoms with Crippen molar-refractivity contribution >= 4 is 25.3 Å². The van der Waals surface area contributed by atoms with E-state index in [1.807, 2.05) is 58.0 Å². The lowest BCUT2D eigenvalue weighted by atomic mass is 9.77. The van der Waals surface area contributed by atoms with Gasteiger partial charge in [-0.25, -0.2) is 14.6 Å². The fourth-order valence-corrected chi connectivity index (χ4v) is 3.06. The summed E-state index contributed by atoms with van der Waals surface area (Å²) in [5, 5.41) is 12.2. The zero-order valence-corrected chi connectivity index (χ0v) is 18.6. The van der Waals surface area contributed by atoms with Gasteiger partial charge in [0.1, 0.15) is 6.61 Å². The van der Waals surface area contributed by atoms with Crippen molar-refractivity contribution in [2.75, 3.05) is 6.54 Å². The molecular formula is C23H27BN2O6. The molecule has 0 saturated carbocycles. The number of hydrogen-bond acceptors (Lipinski definition) is 6. The molecule has 1 aliphatic heterocycles. The summed E-state index contributed by atoms with van der Waals surface area (Å²) >= 11 is 0. The van der Waals surface area contributed by atoms with Gasteiger partial charge >= 0.3 is 19.2 Å². The molecule has 1 aromatic carbocycles. The second-order valence-electron chi connectivity index (χ2n) is 8.47. The normalized spacial score (nSPS) is 17.1. The van der Waals surface area contributed by atoms with E-state index in [2.05, 4.69) is 10.3 Å². The van der Waals surface area contributed by atoms with Crippen molar-refractivity contribution < 1.29 is 28.7 Å². The number of alkyl carbamates (subject to hydrolysis) is 1.